The summed E-state index contributed by atoms with van der Waals surface area (Å²) in [5.41, 5.74) is 1.33. The number of ether oxygens (including phenoxy) is 2. The minimum Gasteiger partial charge on any atom is -0.497 e. The lowest BCUT2D eigenvalue weighted by Crippen LogP contribution is -2.04. The zero-order valence-corrected chi connectivity index (χ0v) is 14.7. The number of hydrogen-bond donors (Lipinski definition) is 0. The third kappa shape index (κ3) is 4.75. The van der Waals surface area contributed by atoms with E-state index in [1.807, 2.05) is 24.3 Å². The second-order valence-corrected chi connectivity index (χ2v) is 5.89. The fraction of sp³-hybridized carbons (Fsp3) is 0.200. The molecule has 0 amide bonds. The average Bonchev–Trinajstić information content (AvgIpc) is 2.65. The summed E-state index contributed by atoms with van der Waals surface area (Å²) < 4.78 is 49.0. The molecule has 3 rings (SSSR count). The van der Waals surface area contributed by atoms with Crippen LogP contribution in [0.3, 0.4) is 0 Å². The first-order chi connectivity index (χ1) is 12.8. The van der Waals surface area contributed by atoms with Crippen LogP contribution >= 0.6 is 0 Å². The molecule has 0 N–H and O–H groups in total. The minimum atomic E-state index is -4.38. The molecule has 4 nitrogen and oxygen atoms in total. The summed E-state index contributed by atoms with van der Waals surface area (Å²) in [6.07, 6.45) is -4.38. The van der Waals surface area contributed by atoms with Crippen LogP contribution in [0.15, 0.2) is 54.6 Å². The number of rotatable bonds is 5. The molecule has 1 heterocycles. The SMILES string of the molecule is COc1cccc(COc2cc(C)nc(-c3ccc(C(F)(F)F)cc3)n2)c1. The van der Waals surface area contributed by atoms with Gasteiger partial charge in [-0.3, -0.25) is 0 Å². The number of aromatic nitrogens is 2. The van der Waals surface area contributed by atoms with E-state index in [0.29, 0.717) is 23.0 Å². The highest BCUT2D eigenvalue weighted by Crippen LogP contribution is 2.30. The topological polar surface area (TPSA) is 44.2 Å². The Balaban J connectivity index is 1.79. The molecular formula is C20H17F3N2O2. The van der Waals surface area contributed by atoms with E-state index in [1.54, 1.807) is 20.1 Å². The Labute approximate surface area is 154 Å². The molecule has 7 heteroatoms. The predicted octanol–water partition coefficient (Wildman–Crippen LogP) is 5.06. The van der Waals surface area contributed by atoms with Gasteiger partial charge in [-0.1, -0.05) is 24.3 Å². The van der Waals surface area contributed by atoms with E-state index < -0.39 is 11.7 Å². The van der Waals surface area contributed by atoms with E-state index in [-0.39, 0.29) is 6.61 Å². The van der Waals surface area contributed by atoms with E-state index in [2.05, 4.69) is 9.97 Å². The van der Waals surface area contributed by atoms with Crippen LogP contribution in [0, 0.1) is 6.92 Å². The van der Waals surface area contributed by atoms with Crippen molar-refractivity contribution in [2.75, 3.05) is 7.11 Å². The second kappa shape index (κ2) is 7.65. The molecule has 0 spiro atoms. The number of benzene rings is 2. The second-order valence-electron chi connectivity index (χ2n) is 5.89. The maximum Gasteiger partial charge on any atom is 0.416 e. The van der Waals surface area contributed by atoms with Crippen molar-refractivity contribution in [1.29, 1.82) is 0 Å². The highest BCUT2D eigenvalue weighted by Gasteiger charge is 2.30. The molecule has 140 valence electrons. The van der Waals surface area contributed by atoms with Crippen LogP contribution in [0.1, 0.15) is 16.8 Å². The molecule has 0 unspecified atom stereocenters. The summed E-state index contributed by atoms with van der Waals surface area (Å²) >= 11 is 0. The highest BCUT2D eigenvalue weighted by molar-refractivity contribution is 5.56. The number of aryl methyl sites for hydroxylation is 1. The molecular weight excluding hydrogens is 357 g/mol. The molecule has 0 aliphatic heterocycles. The smallest absolute Gasteiger partial charge is 0.416 e. The van der Waals surface area contributed by atoms with E-state index in [0.717, 1.165) is 23.4 Å². The van der Waals surface area contributed by atoms with Crippen LogP contribution in [0.4, 0.5) is 13.2 Å². The molecule has 0 atom stereocenters. The van der Waals surface area contributed by atoms with Crippen molar-refractivity contribution in [2.45, 2.75) is 19.7 Å². The van der Waals surface area contributed by atoms with Gasteiger partial charge in [0.05, 0.1) is 12.7 Å². The van der Waals surface area contributed by atoms with Crippen LogP contribution in [0.2, 0.25) is 0 Å². The Hall–Kier alpha value is -3.09. The molecule has 2 aromatic carbocycles. The number of halogens is 3. The maximum absolute atomic E-state index is 12.7. The molecule has 0 saturated heterocycles. The summed E-state index contributed by atoms with van der Waals surface area (Å²) in [5.74, 6) is 1.38. The molecule has 0 radical (unpaired) electrons. The lowest BCUT2D eigenvalue weighted by molar-refractivity contribution is -0.137. The number of methoxy groups -OCH3 is 1. The summed E-state index contributed by atoms with van der Waals surface area (Å²) in [6.45, 7) is 2.05. The van der Waals surface area contributed by atoms with Crippen LogP contribution in [-0.2, 0) is 12.8 Å². The Morgan fingerprint density at radius 2 is 1.70 bits per heavy atom. The highest BCUT2D eigenvalue weighted by atomic mass is 19.4. The summed E-state index contributed by atoms with van der Waals surface area (Å²) in [5, 5.41) is 0. The third-order valence-electron chi connectivity index (χ3n) is 3.82. The molecule has 0 fully saturated rings. The lowest BCUT2D eigenvalue weighted by Gasteiger charge is -2.10. The fourth-order valence-electron chi connectivity index (χ4n) is 2.47. The van der Waals surface area contributed by atoms with Gasteiger partial charge in [0.15, 0.2) is 5.82 Å². The lowest BCUT2D eigenvalue weighted by atomic mass is 10.1. The Bertz CT molecular complexity index is 925. The standard InChI is InChI=1S/C20H17F3N2O2/c1-13-10-18(27-12-14-4-3-5-17(11-14)26-2)25-19(24-13)15-6-8-16(9-7-15)20(21,22)23/h3-11H,12H2,1-2H3. The van der Waals surface area contributed by atoms with Gasteiger partial charge in [-0.2, -0.15) is 18.2 Å². The average molecular weight is 374 g/mol. The molecule has 1 aromatic heterocycles. The minimum absolute atomic E-state index is 0.278. The number of alkyl halides is 3. The van der Waals surface area contributed by atoms with Crippen LogP contribution in [0.5, 0.6) is 11.6 Å². The first-order valence-corrected chi connectivity index (χ1v) is 8.14. The van der Waals surface area contributed by atoms with Crippen molar-refractivity contribution >= 4 is 0 Å². The molecule has 27 heavy (non-hydrogen) atoms. The fourth-order valence-corrected chi connectivity index (χ4v) is 2.47. The van der Waals surface area contributed by atoms with Crippen molar-refractivity contribution in [3.05, 3.63) is 71.4 Å². The van der Waals surface area contributed by atoms with Gasteiger partial charge in [-0.25, -0.2) is 4.98 Å². The maximum atomic E-state index is 12.7. The van der Waals surface area contributed by atoms with E-state index in [1.165, 1.54) is 12.1 Å². The zero-order chi connectivity index (χ0) is 19.4. The van der Waals surface area contributed by atoms with Gasteiger partial charge in [0, 0.05) is 17.3 Å². The van der Waals surface area contributed by atoms with Crippen LogP contribution in [0.25, 0.3) is 11.4 Å². The summed E-state index contributed by atoms with van der Waals surface area (Å²) in [7, 11) is 1.59. The van der Waals surface area contributed by atoms with E-state index in [9.17, 15) is 13.2 Å². The van der Waals surface area contributed by atoms with Crippen molar-refractivity contribution in [3.8, 4) is 23.0 Å². The number of hydrogen-bond acceptors (Lipinski definition) is 4. The van der Waals surface area contributed by atoms with Gasteiger partial charge < -0.3 is 9.47 Å². The summed E-state index contributed by atoms with van der Waals surface area (Å²) in [6, 6.07) is 13.8. The summed E-state index contributed by atoms with van der Waals surface area (Å²) in [4.78, 5) is 8.59. The molecule has 3 aromatic rings. The van der Waals surface area contributed by atoms with Gasteiger partial charge in [0.25, 0.3) is 0 Å². The third-order valence-corrected chi connectivity index (χ3v) is 3.82. The van der Waals surface area contributed by atoms with E-state index >= 15 is 0 Å². The van der Waals surface area contributed by atoms with Crippen molar-refractivity contribution < 1.29 is 22.6 Å². The largest absolute Gasteiger partial charge is 0.497 e. The number of nitrogens with zero attached hydrogens (tertiary/aromatic N) is 2. The normalized spacial score (nSPS) is 11.3. The van der Waals surface area contributed by atoms with Gasteiger partial charge in [-0.15, -0.1) is 0 Å². The first kappa shape index (κ1) is 18.7. The van der Waals surface area contributed by atoms with Crippen molar-refractivity contribution in [1.82, 2.24) is 9.97 Å². The van der Waals surface area contributed by atoms with Crippen LogP contribution < -0.4 is 9.47 Å². The molecule has 0 aliphatic rings. The zero-order valence-electron chi connectivity index (χ0n) is 14.7. The molecule has 0 saturated carbocycles. The molecule has 0 bridgehead atoms. The van der Waals surface area contributed by atoms with E-state index in [4.69, 9.17) is 9.47 Å². The van der Waals surface area contributed by atoms with Gasteiger partial charge >= 0.3 is 6.18 Å². The van der Waals surface area contributed by atoms with Gasteiger partial charge in [-0.05, 0) is 36.8 Å². The van der Waals surface area contributed by atoms with Gasteiger partial charge in [0.1, 0.15) is 12.4 Å². The van der Waals surface area contributed by atoms with Gasteiger partial charge in [0.2, 0.25) is 5.88 Å². The quantitative estimate of drug-likeness (QED) is 0.626. The van der Waals surface area contributed by atoms with Crippen molar-refractivity contribution in [3.63, 3.8) is 0 Å². The molecule has 0 aliphatic carbocycles. The first-order valence-electron chi connectivity index (χ1n) is 8.14. The Morgan fingerprint density at radius 3 is 2.37 bits per heavy atom. The van der Waals surface area contributed by atoms with Crippen molar-refractivity contribution in [2.24, 2.45) is 0 Å². The Kier molecular flexibility index (Phi) is 5.30. The monoisotopic (exact) mass is 374 g/mol. The van der Waals surface area contributed by atoms with Crippen LogP contribution in [-0.4, -0.2) is 17.1 Å². The Morgan fingerprint density at radius 1 is 0.963 bits per heavy atom. The predicted molar refractivity (Wildman–Crippen MR) is 94.5 cm³/mol.